The first kappa shape index (κ1) is 20.8. The third-order valence-electron chi connectivity index (χ3n) is 5.44. The number of imide groups is 1. The number of aryl methyl sites for hydroxylation is 1. The number of rotatable bonds is 5. The molecular formula is C23H19N5O4S. The smallest absolute Gasteiger partial charge is 0.262 e. The third kappa shape index (κ3) is 3.44. The lowest BCUT2D eigenvalue weighted by atomic mass is 10.1. The molecule has 1 atom stereocenters. The van der Waals surface area contributed by atoms with Gasteiger partial charge in [0.05, 0.1) is 34.1 Å². The third-order valence-corrected chi connectivity index (χ3v) is 6.43. The van der Waals surface area contributed by atoms with Crippen LogP contribution in [0.3, 0.4) is 0 Å². The first-order valence-corrected chi connectivity index (χ1v) is 11.0. The fourth-order valence-corrected chi connectivity index (χ4v) is 4.71. The van der Waals surface area contributed by atoms with Gasteiger partial charge in [0.2, 0.25) is 11.0 Å². The Morgan fingerprint density at radius 1 is 1.09 bits per heavy atom. The van der Waals surface area contributed by atoms with Crippen LogP contribution in [0.5, 0.6) is 5.75 Å². The molecule has 2 aromatic carbocycles. The van der Waals surface area contributed by atoms with Crippen LogP contribution in [0, 0.1) is 6.92 Å². The quantitative estimate of drug-likeness (QED) is 0.457. The van der Waals surface area contributed by atoms with E-state index in [4.69, 9.17) is 4.74 Å². The number of carbonyl (C=O) groups excluding carboxylic acids is 3. The highest BCUT2D eigenvalue weighted by atomic mass is 32.1. The molecule has 0 bridgehead atoms. The Labute approximate surface area is 192 Å². The van der Waals surface area contributed by atoms with Gasteiger partial charge < -0.3 is 10.1 Å². The molecule has 0 spiro atoms. The molecule has 0 fully saturated rings. The van der Waals surface area contributed by atoms with Crippen molar-refractivity contribution >= 4 is 45.1 Å². The van der Waals surface area contributed by atoms with Crippen LogP contribution in [-0.2, 0) is 4.79 Å². The number of ether oxygens (including phenoxy) is 1. The van der Waals surface area contributed by atoms with E-state index in [1.165, 1.54) is 18.3 Å². The van der Waals surface area contributed by atoms with E-state index in [1.807, 2.05) is 18.2 Å². The summed E-state index contributed by atoms with van der Waals surface area (Å²) in [5, 5.41) is 7.83. The molecule has 1 aliphatic heterocycles. The van der Waals surface area contributed by atoms with Gasteiger partial charge in [0.1, 0.15) is 17.6 Å². The normalized spacial score (nSPS) is 14.0. The minimum atomic E-state index is -1.01. The highest BCUT2D eigenvalue weighted by Gasteiger charge is 2.40. The molecule has 1 N–H and O–H groups in total. The van der Waals surface area contributed by atoms with Crippen LogP contribution in [0.1, 0.15) is 33.3 Å². The van der Waals surface area contributed by atoms with Crippen LogP contribution in [0.15, 0.2) is 48.5 Å². The molecule has 2 aromatic heterocycles. The zero-order chi connectivity index (χ0) is 23.3. The molecule has 3 amide bonds. The van der Waals surface area contributed by atoms with Gasteiger partial charge in [0.15, 0.2) is 0 Å². The molecule has 0 saturated carbocycles. The average molecular weight is 462 g/mol. The number of anilines is 1. The van der Waals surface area contributed by atoms with Crippen molar-refractivity contribution in [3.05, 3.63) is 65.4 Å². The molecule has 0 radical (unpaired) electrons. The molecule has 3 heterocycles. The van der Waals surface area contributed by atoms with E-state index in [2.05, 4.69) is 15.4 Å². The number of thiazole rings is 1. The van der Waals surface area contributed by atoms with Gasteiger partial charge in [0, 0.05) is 6.07 Å². The standard InChI is InChI=1S/C23H19N5O4S/c1-12-10-19(28(26-12)23-24-17-9-8-14(32-3)11-18(17)33-23)25-20(29)13(2)27-21(30)15-6-4-5-7-16(15)22(27)31/h4-11,13H,1-3H3,(H,25,29). The van der Waals surface area contributed by atoms with E-state index in [0.29, 0.717) is 27.8 Å². The highest BCUT2D eigenvalue weighted by molar-refractivity contribution is 7.20. The zero-order valence-corrected chi connectivity index (χ0v) is 18.8. The van der Waals surface area contributed by atoms with E-state index in [9.17, 15) is 14.4 Å². The number of carbonyl (C=O) groups is 3. The first-order chi connectivity index (χ1) is 15.9. The number of hydrogen-bond donors (Lipinski definition) is 1. The lowest BCUT2D eigenvalue weighted by molar-refractivity contribution is -0.119. The second-order valence-corrected chi connectivity index (χ2v) is 8.61. The maximum atomic E-state index is 13.1. The number of amides is 3. The summed E-state index contributed by atoms with van der Waals surface area (Å²) >= 11 is 1.40. The molecule has 1 unspecified atom stereocenters. The van der Waals surface area contributed by atoms with Crippen LogP contribution in [0.4, 0.5) is 5.82 Å². The summed E-state index contributed by atoms with van der Waals surface area (Å²) in [7, 11) is 1.60. The summed E-state index contributed by atoms with van der Waals surface area (Å²) in [6.45, 7) is 3.32. The molecule has 4 aromatic rings. The van der Waals surface area contributed by atoms with Gasteiger partial charge in [0.25, 0.3) is 11.8 Å². The van der Waals surface area contributed by atoms with Crippen molar-refractivity contribution in [2.45, 2.75) is 19.9 Å². The zero-order valence-electron chi connectivity index (χ0n) is 18.0. The minimum absolute atomic E-state index is 0.299. The van der Waals surface area contributed by atoms with E-state index in [0.717, 1.165) is 20.9 Å². The van der Waals surface area contributed by atoms with E-state index in [1.54, 1.807) is 49.0 Å². The van der Waals surface area contributed by atoms with E-state index >= 15 is 0 Å². The van der Waals surface area contributed by atoms with Gasteiger partial charge in [-0.1, -0.05) is 23.5 Å². The second-order valence-electron chi connectivity index (χ2n) is 7.60. The molecule has 166 valence electrons. The molecular weight excluding hydrogens is 442 g/mol. The predicted octanol–water partition coefficient (Wildman–Crippen LogP) is 3.42. The highest BCUT2D eigenvalue weighted by Crippen LogP contribution is 2.30. The van der Waals surface area contributed by atoms with Crippen LogP contribution in [0.2, 0.25) is 0 Å². The van der Waals surface area contributed by atoms with Crippen LogP contribution in [-0.4, -0.2) is 50.5 Å². The fraction of sp³-hybridized carbons (Fsp3) is 0.174. The summed E-state index contributed by atoms with van der Waals surface area (Å²) in [6.07, 6.45) is 0. The predicted molar refractivity (Wildman–Crippen MR) is 123 cm³/mol. The monoisotopic (exact) mass is 461 g/mol. The van der Waals surface area contributed by atoms with Crippen molar-refractivity contribution in [1.29, 1.82) is 0 Å². The van der Waals surface area contributed by atoms with Gasteiger partial charge in [-0.3, -0.25) is 19.3 Å². The first-order valence-electron chi connectivity index (χ1n) is 10.2. The van der Waals surface area contributed by atoms with Crippen molar-refractivity contribution in [2.24, 2.45) is 0 Å². The Morgan fingerprint density at radius 3 is 2.45 bits per heavy atom. The Balaban J connectivity index is 1.42. The number of nitrogens with one attached hydrogen (secondary N) is 1. The van der Waals surface area contributed by atoms with Crippen LogP contribution in [0.25, 0.3) is 15.3 Å². The van der Waals surface area contributed by atoms with Gasteiger partial charge in [-0.2, -0.15) is 9.78 Å². The summed E-state index contributed by atoms with van der Waals surface area (Å²) in [5.74, 6) is -0.357. The molecule has 10 heteroatoms. The Bertz CT molecular complexity index is 1400. The summed E-state index contributed by atoms with van der Waals surface area (Å²) < 4.78 is 7.73. The molecule has 33 heavy (non-hydrogen) atoms. The summed E-state index contributed by atoms with van der Waals surface area (Å²) in [6, 6.07) is 12.8. The molecule has 0 aliphatic carbocycles. The Hall–Kier alpha value is -4.05. The van der Waals surface area contributed by atoms with E-state index in [-0.39, 0.29) is 0 Å². The van der Waals surface area contributed by atoms with Gasteiger partial charge >= 0.3 is 0 Å². The number of methoxy groups -OCH3 is 1. The van der Waals surface area contributed by atoms with Crippen molar-refractivity contribution in [2.75, 3.05) is 12.4 Å². The number of aromatic nitrogens is 3. The van der Waals surface area contributed by atoms with Gasteiger partial charge in [-0.05, 0) is 44.2 Å². The van der Waals surface area contributed by atoms with Crippen LogP contribution >= 0.6 is 11.3 Å². The summed E-state index contributed by atoms with van der Waals surface area (Å²) in [4.78, 5) is 44.1. The van der Waals surface area contributed by atoms with Crippen LogP contribution < -0.4 is 10.1 Å². The molecule has 9 nitrogen and oxygen atoms in total. The fourth-order valence-electron chi connectivity index (χ4n) is 3.75. The topological polar surface area (TPSA) is 106 Å². The number of benzene rings is 2. The largest absolute Gasteiger partial charge is 0.497 e. The molecule has 0 saturated heterocycles. The van der Waals surface area contributed by atoms with Crippen molar-refractivity contribution in [1.82, 2.24) is 19.7 Å². The van der Waals surface area contributed by atoms with Crippen molar-refractivity contribution < 1.29 is 19.1 Å². The van der Waals surface area contributed by atoms with Crippen molar-refractivity contribution in [3.63, 3.8) is 0 Å². The number of nitrogens with zero attached hydrogens (tertiary/aromatic N) is 4. The van der Waals surface area contributed by atoms with Crippen molar-refractivity contribution in [3.8, 4) is 10.9 Å². The van der Waals surface area contributed by atoms with Gasteiger partial charge in [-0.25, -0.2) is 4.98 Å². The molecule has 1 aliphatic rings. The van der Waals surface area contributed by atoms with Gasteiger partial charge in [-0.15, -0.1) is 0 Å². The number of hydrogen-bond acceptors (Lipinski definition) is 7. The van der Waals surface area contributed by atoms with E-state index < -0.39 is 23.8 Å². The number of fused-ring (bicyclic) bond motifs is 2. The lowest BCUT2D eigenvalue weighted by Gasteiger charge is -2.21. The molecule has 5 rings (SSSR count). The Kier molecular flexibility index (Phi) is 4.94. The SMILES string of the molecule is COc1ccc2nc(-n3nc(C)cc3NC(=O)C(C)N3C(=O)c4ccccc4C3=O)sc2c1. The summed E-state index contributed by atoms with van der Waals surface area (Å²) in [5.41, 5.74) is 2.05. The maximum absolute atomic E-state index is 13.1. The Morgan fingerprint density at radius 2 is 1.79 bits per heavy atom. The lowest BCUT2D eigenvalue weighted by Crippen LogP contribution is -2.45. The minimum Gasteiger partial charge on any atom is -0.497 e. The second kappa shape index (κ2) is 7.82. The average Bonchev–Trinajstić information content (AvgIpc) is 3.47. The maximum Gasteiger partial charge on any atom is 0.262 e.